The molecule has 1 fully saturated rings. The molecule has 4 rings (SSSR count). The van der Waals surface area contributed by atoms with Gasteiger partial charge in [-0.25, -0.2) is 4.98 Å². The molecule has 29 heavy (non-hydrogen) atoms. The van der Waals surface area contributed by atoms with E-state index in [0.717, 1.165) is 0 Å². The summed E-state index contributed by atoms with van der Waals surface area (Å²) in [7, 11) is 0. The van der Waals surface area contributed by atoms with Crippen molar-refractivity contribution >= 4 is 16.9 Å². The molecule has 0 radical (unpaired) electrons. The first kappa shape index (κ1) is 19.1. The van der Waals surface area contributed by atoms with Crippen LogP contribution in [0.15, 0.2) is 42.9 Å². The number of aliphatic hydroxyl groups excluding tert-OH is 1. The minimum absolute atomic E-state index is 0.0850. The molecule has 10 heteroatoms. The summed E-state index contributed by atoms with van der Waals surface area (Å²) >= 11 is 0. The van der Waals surface area contributed by atoms with Gasteiger partial charge in [-0.2, -0.15) is 0 Å². The number of pyridine rings is 1. The van der Waals surface area contributed by atoms with E-state index in [2.05, 4.69) is 19.7 Å². The smallest absolute Gasteiger partial charge is 0.406 e. The Morgan fingerprint density at radius 3 is 2.79 bits per heavy atom. The normalized spacial score (nSPS) is 17.0. The fourth-order valence-corrected chi connectivity index (χ4v) is 3.20. The largest absolute Gasteiger partial charge is 0.573 e. The molecule has 150 valence electrons. The van der Waals surface area contributed by atoms with Crippen molar-refractivity contribution in [3.63, 3.8) is 0 Å². The third-order valence-electron chi connectivity index (χ3n) is 4.50. The maximum atomic E-state index is 12.6. The molecule has 0 saturated carbocycles. The maximum absolute atomic E-state index is 12.6. The summed E-state index contributed by atoms with van der Waals surface area (Å²) in [6.45, 7) is 0.637. The molecular weight excluding hydrogens is 389 g/mol. The first-order chi connectivity index (χ1) is 13.8. The minimum Gasteiger partial charge on any atom is -0.406 e. The lowest BCUT2D eigenvalue weighted by molar-refractivity contribution is -0.274. The van der Waals surface area contributed by atoms with Crippen LogP contribution >= 0.6 is 0 Å². The number of aromatic nitrogens is 3. The number of alkyl halides is 3. The molecule has 1 aliphatic heterocycles. The predicted octanol–water partition coefficient (Wildman–Crippen LogP) is 2.80. The molecule has 3 aromatic rings. The Labute approximate surface area is 162 Å². The van der Waals surface area contributed by atoms with Gasteiger partial charge in [0, 0.05) is 24.8 Å². The van der Waals surface area contributed by atoms with Crippen molar-refractivity contribution in [2.24, 2.45) is 0 Å². The molecule has 0 spiro atoms. The Morgan fingerprint density at radius 1 is 1.24 bits per heavy atom. The summed E-state index contributed by atoms with van der Waals surface area (Å²) in [5, 5.41) is 9.64. The Hall–Kier alpha value is -3.27. The SMILES string of the molecule is O=C(c1cnc2cncc(-c3cccc(OC(F)(F)F)c3)c2n1)N1CCC(O)C1. The quantitative estimate of drug-likeness (QED) is 0.722. The molecule has 3 heterocycles. The molecule has 2 aromatic heterocycles. The molecule has 1 saturated heterocycles. The van der Waals surface area contributed by atoms with Gasteiger partial charge in [0.2, 0.25) is 0 Å². The third kappa shape index (κ3) is 4.11. The first-order valence-electron chi connectivity index (χ1n) is 8.74. The summed E-state index contributed by atoms with van der Waals surface area (Å²) in [4.78, 5) is 26.8. The summed E-state index contributed by atoms with van der Waals surface area (Å²) < 4.78 is 41.6. The average molecular weight is 404 g/mol. The second kappa shape index (κ2) is 7.28. The van der Waals surface area contributed by atoms with Crippen LogP contribution in [-0.4, -0.2) is 56.4 Å². The zero-order valence-corrected chi connectivity index (χ0v) is 14.9. The molecule has 0 bridgehead atoms. The summed E-state index contributed by atoms with van der Waals surface area (Å²) in [6, 6.07) is 5.42. The maximum Gasteiger partial charge on any atom is 0.573 e. The number of hydrogen-bond donors (Lipinski definition) is 1. The third-order valence-corrected chi connectivity index (χ3v) is 4.50. The number of amides is 1. The van der Waals surface area contributed by atoms with Crippen LogP contribution in [0.1, 0.15) is 16.9 Å². The second-order valence-electron chi connectivity index (χ2n) is 6.58. The standard InChI is InChI=1S/C19H15F3N4O3/c20-19(21,22)29-13-3-1-2-11(6-13)14-7-23-8-15-17(14)25-16(9-24-15)18(28)26-5-4-12(27)10-26/h1-3,6-9,12,27H,4-5,10H2. The van der Waals surface area contributed by atoms with E-state index in [4.69, 9.17) is 0 Å². The van der Waals surface area contributed by atoms with Crippen molar-refractivity contribution in [1.82, 2.24) is 19.9 Å². The van der Waals surface area contributed by atoms with Crippen LogP contribution in [-0.2, 0) is 0 Å². The van der Waals surface area contributed by atoms with Crippen LogP contribution in [0.2, 0.25) is 0 Å². The number of carbonyl (C=O) groups is 1. The van der Waals surface area contributed by atoms with Crippen molar-refractivity contribution < 1.29 is 27.8 Å². The molecule has 1 aromatic carbocycles. The lowest BCUT2D eigenvalue weighted by Crippen LogP contribution is -2.30. The van der Waals surface area contributed by atoms with Gasteiger partial charge < -0.3 is 14.7 Å². The molecular formula is C19H15F3N4O3. The minimum atomic E-state index is -4.81. The van der Waals surface area contributed by atoms with Crippen molar-refractivity contribution in [3.05, 3.63) is 48.5 Å². The monoisotopic (exact) mass is 404 g/mol. The number of likely N-dealkylation sites (tertiary alicyclic amines) is 1. The highest BCUT2D eigenvalue weighted by Crippen LogP contribution is 2.30. The number of carbonyl (C=O) groups excluding carboxylic acids is 1. The Kier molecular flexibility index (Phi) is 4.79. The van der Waals surface area contributed by atoms with Gasteiger partial charge in [-0.15, -0.1) is 13.2 Å². The van der Waals surface area contributed by atoms with Crippen LogP contribution in [0.3, 0.4) is 0 Å². The van der Waals surface area contributed by atoms with Crippen molar-refractivity contribution in [2.75, 3.05) is 13.1 Å². The molecule has 0 aliphatic carbocycles. The summed E-state index contributed by atoms with van der Waals surface area (Å²) in [6.07, 6.45) is -0.663. The Morgan fingerprint density at radius 2 is 2.07 bits per heavy atom. The van der Waals surface area contributed by atoms with E-state index in [9.17, 15) is 23.1 Å². The fraction of sp³-hybridized carbons (Fsp3) is 0.263. The van der Waals surface area contributed by atoms with Gasteiger partial charge >= 0.3 is 6.36 Å². The Balaban J connectivity index is 1.74. The molecule has 1 unspecified atom stereocenters. The highest BCUT2D eigenvalue weighted by Gasteiger charge is 2.31. The van der Waals surface area contributed by atoms with Crippen LogP contribution in [0.25, 0.3) is 22.2 Å². The highest BCUT2D eigenvalue weighted by molar-refractivity contribution is 5.97. The number of benzene rings is 1. The fourth-order valence-electron chi connectivity index (χ4n) is 3.20. The topological polar surface area (TPSA) is 88.4 Å². The number of fused-ring (bicyclic) bond motifs is 1. The van der Waals surface area contributed by atoms with Gasteiger partial charge in [-0.1, -0.05) is 12.1 Å². The zero-order chi connectivity index (χ0) is 20.6. The van der Waals surface area contributed by atoms with E-state index >= 15 is 0 Å². The molecule has 1 aliphatic rings. The number of rotatable bonds is 3. The van der Waals surface area contributed by atoms with Crippen molar-refractivity contribution in [1.29, 1.82) is 0 Å². The van der Waals surface area contributed by atoms with E-state index < -0.39 is 12.5 Å². The van der Waals surface area contributed by atoms with Gasteiger partial charge in [0.15, 0.2) is 0 Å². The van der Waals surface area contributed by atoms with Crippen LogP contribution in [0.4, 0.5) is 13.2 Å². The number of ether oxygens (including phenoxy) is 1. The lowest BCUT2D eigenvalue weighted by Gasteiger charge is -2.15. The molecule has 1 atom stereocenters. The predicted molar refractivity (Wildman–Crippen MR) is 96.0 cm³/mol. The molecule has 7 nitrogen and oxygen atoms in total. The Bertz CT molecular complexity index is 1070. The number of nitrogens with zero attached hydrogens (tertiary/aromatic N) is 4. The van der Waals surface area contributed by atoms with Crippen LogP contribution in [0.5, 0.6) is 5.75 Å². The van der Waals surface area contributed by atoms with E-state index in [1.165, 1.54) is 41.7 Å². The van der Waals surface area contributed by atoms with Gasteiger partial charge in [-0.05, 0) is 24.1 Å². The van der Waals surface area contributed by atoms with E-state index in [1.807, 2.05) is 0 Å². The van der Waals surface area contributed by atoms with Gasteiger partial charge in [0.1, 0.15) is 22.5 Å². The number of halogens is 3. The number of β-amino-alcohol motifs (C(OH)–C–C–N with tert-alkyl or cyclic N) is 1. The lowest BCUT2D eigenvalue weighted by atomic mass is 10.1. The van der Waals surface area contributed by atoms with E-state index in [1.54, 1.807) is 6.07 Å². The second-order valence-corrected chi connectivity index (χ2v) is 6.58. The van der Waals surface area contributed by atoms with Crippen molar-refractivity contribution in [2.45, 2.75) is 18.9 Å². The summed E-state index contributed by atoms with van der Waals surface area (Å²) in [5.74, 6) is -0.744. The van der Waals surface area contributed by atoms with Gasteiger partial charge in [0.05, 0.1) is 18.5 Å². The van der Waals surface area contributed by atoms with Gasteiger partial charge in [0.25, 0.3) is 5.91 Å². The van der Waals surface area contributed by atoms with E-state index in [0.29, 0.717) is 35.1 Å². The van der Waals surface area contributed by atoms with Crippen molar-refractivity contribution in [3.8, 4) is 16.9 Å². The highest BCUT2D eigenvalue weighted by atomic mass is 19.4. The summed E-state index contributed by atoms with van der Waals surface area (Å²) in [5.41, 5.74) is 1.61. The van der Waals surface area contributed by atoms with Gasteiger partial charge in [-0.3, -0.25) is 14.8 Å². The zero-order valence-electron chi connectivity index (χ0n) is 14.9. The first-order valence-corrected chi connectivity index (χ1v) is 8.74. The average Bonchev–Trinajstić information content (AvgIpc) is 3.12. The molecule has 1 amide bonds. The van der Waals surface area contributed by atoms with Crippen LogP contribution < -0.4 is 4.74 Å². The number of aliphatic hydroxyl groups is 1. The van der Waals surface area contributed by atoms with Crippen LogP contribution in [0, 0.1) is 0 Å². The number of hydrogen-bond acceptors (Lipinski definition) is 6. The molecule has 1 N–H and O–H groups in total. The van der Waals surface area contributed by atoms with E-state index in [-0.39, 0.29) is 23.9 Å².